The summed E-state index contributed by atoms with van der Waals surface area (Å²) in [6.45, 7) is 1.84. The summed E-state index contributed by atoms with van der Waals surface area (Å²) in [7, 11) is 3.90. The fourth-order valence-electron chi connectivity index (χ4n) is 3.08. The van der Waals surface area contributed by atoms with Crippen LogP contribution in [-0.2, 0) is 9.59 Å². The van der Waals surface area contributed by atoms with Gasteiger partial charge in [0.2, 0.25) is 11.8 Å². The summed E-state index contributed by atoms with van der Waals surface area (Å²) >= 11 is 0. The van der Waals surface area contributed by atoms with Crippen LogP contribution in [0.25, 0.3) is 10.8 Å². The molecule has 1 saturated heterocycles. The van der Waals surface area contributed by atoms with Gasteiger partial charge in [-0.2, -0.15) is 0 Å². The van der Waals surface area contributed by atoms with Gasteiger partial charge in [-0.15, -0.1) is 0 Å². The molecule has 1 heterocycles. The minimum absolute atomic E-state index is 0.0157. The molecule has 2 aromatic carbocycles. The van der Waals surface area contributed by atoms with Gasteiger partial charge in [0.1, 0.15) is 5.82 Å². The van der Waals surface area contributed by atoms with Crippen molar-refractivity contribution in [2.24, 2.45) is 5.92 Å². The molecule has 1 aliphatic heterocycles. The number of halogens is 1. The summed E-state index contributed by atoms with van der Waals surface area (Å²) in [5.41, 5.74) is 0.640. The lowest BCUT2D eigenvalue weighted by molar-refractivity contribution is -0.128. The van der Waals surface area contributed by atoms with Crippen LogP contribution in [0, 0.1) is 11.7 Å². The average Bonchev–Trinajstić information content (AvgIpc) is 2.94. The first kappa shape index (κ1) is 17.4. The molecule has 5 nitrogen and oxygen atoms in total. The van der Waals surface area contributed by atoms with Gasteiger partial charge in [-0.1, -0.05) is 12.1 Å². The van der Waals surface area contributed by atoms with Crippen molar-refractivity contribution in [2.45, 2.75) is 6.42 Å². The Morgan fingerprint density at radius 3 is 2.88 bits per heavy atom. The predicted octanol–water partition coefficient (Wildman–Crippen LogP) is 2.33. The molecule has 0 bridgehead atoms. The number of likely N-dealkylation sites (N-methyl/N-ethyl adjacent to an activating group) is 1. The van der Waals surface area contributed by atoms with Crippen LogP contribution in [0.5, 0.6) is 0 Å². The Bertz CT molecular complexity index is 806. The summed E-state index contributed by atoms with van der Waals surface area (Å²) in [6.07, 6.45) is 0.235. The zero-order valence-corrected chi connectivity index (χ0v) is 14.5. The molecule has 0 saturated carbocycles. The van der Waals surface area contributed by atoms with Gasteiger partial charge in [0, 0.05) is 37.1 Å². The lowest BCUT2D eigenvalue weighted by atomic mass is 10.1. The fraction of sp³-hybridized carbons (Fsp3) is 0.368. The minimum atomic E-state index is -0.356. The van der Waals surface area contributed by atoms with E-state index in [0.29, 0.717) is 18.8 Å². The third-order valence-electron chi connectivity index (χ3n) is 4.50. The lowest BCUT2D eigenvalue weighted by Crippen LogP contribution is -2.34. The van der Waals surface area contributed by atoms with Crippen LogP contribution >= 0.6 is 0 Å². The van der Waals surface area contributed by atoms with E-state index in [1.807, 2.05) is 19.0 Å². The van der Waals surface area contributed by atoms with Gasteiger partial charge < -0.3 is 15.1 Å². The second kappa shape index (κ2) is 7.19. The first-order valence-electron chi connectivity index (χ1n) is 8.35. The number of carbonyl (C=O) groups is 2. The number of rotatable bonds is 5. The number of nitrogens with zero attached hydrogens (tertiary/aromatic N) is 2. The van der Waals surface area contributed by atoms with Crippen LogP contribution in [0.1, 0.15) is 6.42 Å². The zero-order chi connectivity index (χ0) is 18.0. The maximum Gasteiger partial charge on any atom is 0.229 e. The van der Waals surface area contributed by atoms with E-state index in [4.69, 9.17) is 0 Å². The largest absolute Gasteiger partial charge is 0.341 e. The van der Waals surface area contributed by atoms with Crippen LogP contribution < -0.4 is 5.32 Å². The molecule has 6 heteroatoms. The number of likely N-dealkylation sites (tertiary alicyclic amines) is 1. The molecule has 1 unspecified atom stereocenters. The highest BCUT2D eigenvalue weighted by Crippen LogP contribution is 2.26. The first-order chi connectivity index (χ1) is 11.9. The molecule has 0 aromatic heterocycles. The van der Waals surface area contributed by atoms with Gasteiger partial charge >= 0.3 is 0 Å². The second-order valence-corrected chi connectivity index (χ2v) is 6.70. The maximum atomic E-state index is 13.4. The molecule has 0 spiro atoms. The molecule has 0 aliphatic carbocycles. The number of hydrogen-bond donors (Lipinski definition) is 1. The number of nitrogens with one attached hydrogen (secondary N) is 1. The van der Waals surface area contributed by atoms with Gasteiger partial charge in [0.05, 0.1) is 5.92 Å². The van der Waals surface area contributed by atoms with Crippen LogP contribution in [-0.4, -0.2) is 55.3 Å². The molecular formula is C19H22FN3O2. The summed E-state index contributed by atoms with van der Waals surface area (Å²) in [5.74, 6) is -0.821. The van der Waals surface area contributed by atoms with Gasteiger partial charge in [0.25, 0.3) is 0 Å². The van der Waals surface area contributed by atoms with E-state index >= 15 is 0 Å². The molecule has 2 amide bonds. The standard InChI is InChI=1S/C19H22FN3O2/c1-22(2)8-9-23-12-14(11-18(23)24)19(25)21-17-5-3-4-13-10-15(20)6-7-16(13)17/h3-7,10,14H,8-9,11-12H2,1-2H3,(H,21,25). The van der Waals surface area contributed by atoms with Crippen molar-refractivity contribution in [3.05, 3.63) is 42.2 Å². The Morgan fingerprint density at radius 1 is 1.32 bits per heavy atom. The lowest BCUT2D eigenvalue weighted by Gasteiger charge is -2.19. The van der Waals surface area contributed by atoms with E-state index in [2.05, 4.69) is 5.32 Å². The summed E-state index contributed by atoms with van der Waals surface area (Å²) < 4.78 is 13.4. The average molecular weight is 343 g/mol. The van der Waals surface area contributed by atoms with Crippen molar-refractivity contribution < 1.29 is 14.0 Å². The SMILES string of the molecule is CN(C)CCN1CC(C(=O)Nc2cccc3cc(F)ccc23)CC1=O. The second-order valence-electron chi connectivity index (χ2n) is 6.70. The van der Waals surface area contributed by atoms with E-state index in [1.165, 1.54) is 12.1 Å². The molecule has 1 fully saturated rings. The first-order valence-corrected chi connectivity index (χ1v) is 8.35. The van der Waals surface area contributed by atoms with Crippen LogP contribution in [0.15, 0.2) is 36.4 Å². The Hall–Kier alpha value is -2.47. The van der Waals surface area contributed by atoms with Crippen LogP contribution in [0.3, 0.4) is 0 Å². The molecule has 1 N–H and O–H groups in total. The smallest absolute Gasteiger partial charge is 0.229 e. The third-order valence-corrected chi connectivity index (χ3v) is 4.50. The monoisotopic (exact) mass is 343 g/mol. The van der Waals surface area contributed by atoms with Crippen molar-refractivity contribution in [1.29, 1.82) is 0 Å². The molecule has 132 valence electrons. The molecular weight excluding hydrogens is 321 g/mol. The van der Waals surface area contributed by atoms with Crippen molar-refractivity contribution >= 4 is 28.3 Å². The highest BCUT2D eigenvalue weighted by atomic mass is 19.1. The van der Waals surface area contributed by atoms with Gasteiger partial charge in [0.15, 0.2) is 0 Å². The number of benzene rings is 2. The van der Waals surface area contributed by atoms with Crippen LogP contribution in [0.2, 0.25) is 0 Å². The molecule has 2 aromatic rings. The number of anilines is 1. The quantitative estimate of drug-likeness (QED) is 0.907. The van der Waals surface area contributed by atoms with E-state index < -0.39 is 0 Å². The Labute approximate surface area is 146 Å². The number of fused-ring (bicyclic) bond motifs is 1. The Morgan fingerprint density at radius 2 is 2.12 bits per heavy atom. The highest BCUT2D eigenvalue weighted by molar-refractivity contribution is 6.04. The van der Waals surface area contributed by atoms with Crippen molar-refractivity contribution in [1.82, 2.24) is 9.80 Å². The molecule has 0 radical (unpaired) electrons. The van der Waals surface area contributed by atoms with Gasteiger partial charge in [-0.25, -0.2) is 4.39 Å². The number of hydrogen-bond acceptors (Lipinski definition) is 3. The van der Waals surface area contributed by atoms with E-state index in [0.717, 1.165) is 17.3 Å². The minimum Gasteiger partial charge on any atom is -0.341 e. The van der Waals surface area contributed by atoms with Crippen molar-refractivity contribution in [3.8, 4) is 0 Å². The van der Waals surface area contributed by atoms with E-state index in [1.54, 1.807) is 29.2 Å². The molecule has 25 heavy (non-hydrogen) atoms. The zero-order valence-electron chi connectivity index (χ0n) is 14.5. The van der Waals surface area contributed by atoms with Gasteiger partial charge in [-0.3, -0.25) is 9.59 Å². The topological polar surface area (TPSA) is 52.6 Å². The van der Waals surface area contributed by atoms with Crippen molar-refractivity contribution in [3.63, 3.8) is 0 Å². The maximum absolute atomic E-state index is 13.4. The Kier molecular flexibility index (Phi) is 4.99. The van der Waals surface area contributed by atoms with E-state index in [-0.39, 0.29) is 30.0 Å². The molecule has 1 atom stereocenters. The summed E-state index contributed by atoms with van der Waals surface area (Å²) in [6, 6.07) is 9.84. The number of amides is 2. The van der Waals surface area contributed by atoms with Crippen LogP contribution in [0.4, 0.5) is 10.1 Å². The normalized spacial score (nSPS) is 17.5. The molecule has 3 rings (SSSR count). The summed E-state index contributed by atoms with van der Waals surface area (Å²) in [4.78, 5) is 28.4. The van der Waals surface area contributed by atoms with Crippen molar-refractivity contribution in [2.75, 3.05) is 39.0 Å². The van der Waals surface area contributed by atoms with Gasteiger partial charge in [-0.05, 0) is 43.7 Å². The summed E-state index contributed by atoms with van der Waals surface area (Å²) in [5, 5.41) is 4.41. The Balaban J connectivity index is 1.70. The predicted molar refractivity (Wildman–Crippen MR) is 95.8 cm³/mol. The number of carbonyl (C=O) groups excluding carboxylic acids is 2. The third kappa shape index (κ3) is 3.96. The highest BCUT2D eigenvalue weighted by Gasteiger charge is 2.34. The van der Waals surface area contributed by atoms with E-state index in [9.17, 15) is 14.0 Å². The molecule has 1 aliphatic rings. The fourth-order valence-corrected chi connectivity index (χ4v) is 3.08.